The largest absolute Gasteiger partial charge is 0.497 e. The Kier molecular flexibility index (Phi) is 5.69. The van der Waals surface area contributed by atoms with Crippen molar-refractivity contribution < 1.29 is 4.74 Å². The first-order chi connectivity index (χ1) is 12.7. The molecule has 5 nitrogen and oxygen atoms in total. The Morgan fingerprint density at radius 3 is 2.31 bits per heavy atom. The lowest BCUT2D eigenvalue weighted by Gasteiger charge is -2.15. The van der Waals surface area contributed by atoms with Crippen molar-refractivity contribution in [3.8, 4) is 17.1 Å². The zero-order valence-electron chi connectivity index (χ0n) is 15.4. The van der Waals surface area contributed by atoms with Gasteiger partial charge in [0, 0.05) is 23.4 Å². The lowest BCUT2D eigenvalue weighted by molar-refractivity contribution is 0.415. The fourth-order valence-electron chi connectivity index (χ4n) is 2.48. The Labute approximate surface area is 154 Å². The summed E-state index contributed by atoms with van der Waals surface area (Å²) in [7, 11) is 1.66. The Bertz CT molecular complexity index is 834. The van der Waals surface area contributed by atoms with Crippen molar-refractivity contribution in [2.24, 2.45) is 0 Å². The Balaban J connectivity index is 1.93. The molecule has 1 atom stereocenters. The Hall–Kier alpha value is -3.08. The number of hydrogen-bond donors (Lipinski definition) is 2. The zero-order valence-corrected chi connectivity index (χ0v) is 15.4. The third-order valence-corrected chi connectivity index (χ3v) is 4.13. The predicted octanol–water partition coefficient (Wildman–Crippen LogP) is 5.11. The lowest BCUT2D eigenvalue weighted by Crippen LogP contribution is -2.15. The quantitative estimate of drug-likeness (QED) is 0.621. The standard InChI is InChI=1S/C21H24N4O/c1-4-15(2)22-19-14-20(23-17-10-12-18(26-3)13-11-17)25-21(24-19)16-8-6-5-7-9-16/h5-15H,4H2,1-3H3,(H2,22,23,24,25). The molecule has 3 rings (SSSR count). The number of anilines is 3. The maximum atomic E-state index is 5.21. The van der Waals surface area contributed by atoms with Crippen molar-refractivity contribution in [3.05, 3.63) is 60.7 Å². The third-order valence-electron chi connectivity index (χ3n) is 4.13. The zero-order chi connectivity index (χ0) is 18.4. The molecular weight excluding hydrogens is 324 g/mol. The molecule has 0 fully saturated rings. The first-order valence-electron chi connectivity index (χ1n) is 8.80. The van der Waals surface area contributed by atoms with Crippen LogP contribution in [0.4, 0.5) is 17.3 Å². The molecule has 26 heavy (non-hydrogen) atoms. The minimum absolute atomic E-state index is 0.336. The second kappa shape index (κ2) is 8.34. The van der Waals surface area contributed by atoms with Crippen LogP contribution in [0.1, 0.15) is 20.3 Å². The average molecular weight is 348 g/mol. The van der Waals surface area contributed by atoms with Crippen LogP contribution < -0.4 is 15.4 Å². The van der Waals surface area contributed by atoms with Gasteiger partial charge in [0.05, 0.1) is 7.11 Å². The number of nitrogens with one attached hydrogen (secondary N) is 2. The molecule has 0 aliphatic carbocycles. The topological polar surface area (TPSA) is 59.1 Å². The molecule has 3 aromatic rings. The van der Waals surface area contributed by atoms with E-state index in [-0.39, 0.29) is 0 Å². The highest BCUT2D eigenvalue weighted by atomic mass is 16.5. The van der Waals surface area contributed by atoms with E-state index in [9.17, 15) is 0 Å². The van der Waals surface area contributed by atoms with Gasteiger partial charge < -0.3 is 15.4 Å². The number of hydrogen-bond acceptors (Lipinski definition) is 5. The van der Waals surface area contributed by atoms with Crippen LogP contribution in [-0.4, -0.2) is 23.1 Å². The van der Waals surface area contributed by atoms with Gasteiger partial charge in [-0.3, -0.25) is 0 Å². The molecular formula is C21H24N4O. The summed E-state index contributed by atoms with van der Waals surface area (Å²) in [4.78, 5) is 9.36. The van der Waals surface area contributed by atoms with Gasteiger partial charge in [0.1, 0.15) is 17.4 Å². The molecule has 0 saturated heterocycles. The average Bonchev–Trinajstić information content (AvgIpc) is 2.69. The van der Waals surface area contributed by atoms with Gasteiger partial charge in [-0.1, -0.05) is 37.3 Å². The highest BCUT2D eigenvalue weighted by Crippen LogP contribution is 2.24. The van der Waals surface area contributed by atoms with Gasteiger partial charge >= 0.3 is 0 Å². The molecule has 0 bridgehead atoms. The minimum atomic E-state index is 0.336. The van der Waals surface area contributed by atoms with Crippen LogP contribution in [0.2, 0.25) is 0 Å². The van der Waals surface area contributed by atoms with Gasteiger partial charge in [-0.2, -0.15) is 0 Å². The third kappa shape index (κ3) is 4.51. The highest BCUT2D eigenvalue weighted by Gasteiger charge is 2.09. The summed E-state index contributed by atoms with van der Waals surface area (Å²) in [6.45, 7) is 4.29. The predicted molar refractivity (Wildman–Crippen MR) is 107 cm³/mol. The van der Waals surface area contributed by atoms with Gasteiger partial charge in [-0.15, -0.1) is 0 Å². The molecule has 1 aromatic heterocycles. The second-order valence-corrected chi connectivity index (χ2v) is 6.14. The van der Waals surface area contributed by atoms with Crippen LogP contribution in [0, 0.1) is 0 Å². The van der Waals surface area contributed by atoms with Crippen LogP contribution in [0.3, 0.4) is 0 Å². The van der Waals surface area contributed by atoms with Crippen molar-refractivity contribution in [2.75, 3.05) is 17.7 Å². The second-order valence-electron chi connectivity index (χ2n) is 6.14. The van der Waals surface area contributed by atoms with Crippen molar-refractivity contribution >= 4 is 17.3 Å². The number of aromatic nitrogens is 2. The number of methoxy groups -OCH3 is 1. The summed E-state index contributed by atoms with van der Waals surface area (Å²) in [6, 6.07) is 20.0. The minimum Gasteiger partial charge on any atom is -0.497 e. The first-order valence-corrected chi connectivity index (χ1v) is 8.80. The number of nitrogens with zero attached hydrogens (tertiary/aromatic N) is 2. The van der Waals surface area contributed by atoms with E-state index >= 15 is 0 Å². The summed E-state index contributed by atoms with van der Waals surface area (Å²) < 4.78 is 5.21. The SMILES string of the molecule is CCC(C)Nc1cc(Nc2ccc(OC)cc2)nc(-c2ccccc2)n1. The van der Waals surface area contributed by atoms with Crippen LogP contribution >= 0.6 is 0 Å². The van der Waals surface area contributed by atoms with Crippen molar-refractivity contribution in [3.63, 3.8) is 0 Å². The van der Waals surface area contributed by atoms with Crippen molar-refractivity contribution in [2.45, 2.75) is 26.3 Å². The normalized spacial score (nSPS) is 11.7. The Morgan fingerprint density at radius 2 is 1.65 bits per heavy atom. The van der Waals surface area contributed by atoms with Gasteiger partial charge in [0.15, 0.2) is 5.82 Å². The van der Waals surface area contributed by atoms with Crippen molar-refractivity contribution in [1.29, 1.82) is 0 Å². The van der Waals surface area contributed by atoms with E-state index in [0.29, 0.717) is 11.9 Å². The summed E-state index contributed by atoms with van der Waals surface area (Å²) in [6.07, 6.45) is 1.02. The molecule has 1 heterocycles. The van der Waals surface area contributed by atoms with E-state index in [0.717, 1.165) is 35.1 Å². The molecule has 0 saturated carbocycles. The number of benzene rings is 2. The van der Waals surface area contributed by atoms with Gasteiger partial charge in [-0.05, 0) is 37.6 Å². The molecule has 2 aromatic carbocycles. The van der Waals surface area contributed by atoms with E-state index in [1.54, 1.807) is 7.11 Å². The van der Waals surface area contributed by atoms with Crippen LogP contribution in [-0.2, 0) is 0 Å². The van der Waals surface area contributed by atoms with Crippen LogP contribution in [0.15, 0.2) is 60.7 Å². The molecule has 134 valence electrons. The monoisotopic (exact) mass is 348 g/mol. The molecule has 0 radical (unpaired) electrons. The summed E-state index contributed by atoms with van der Waals surface area (Å²) in [5, 5.41) is 6.79. The lowest BCUT2D eigenvalue weighted by atomic mass is 10.2. The number of ether oxygens (including phenoxy) is 1. The molecule has 0 aliphatic heterocycles. The van der Waals surface area contributed by atoms with Crippen LogP contribution in [0.5, 0.6) is 5.75 Å². The number of rotatable bonds is 7. The summed E-state index contributed by atoms with van der Waals surface area (Å²) in [5.74, 6) is 3.07. The fraction of sp³-hybridized carbons (Fsp3) is 0.238. The van der Waals surface area contributed by atoms with Gasteiger partial charge in [0.2, 0.25) is 0 Å². The molecule has 1 unspecified atom stereocenters. The maximum Gasteiger partial charge on any atom is 0.163 e. The van der Waals surface area contributed by atoms with Crippen molar-refractivity contribution in [1.82, 2.24) is 9.97 Å². The van der Waals surface area contributed by atoms with Gasteiger partial charge in [0.25, 0.3) is 0 Å². The van der Waals surface area contributed by atoms with E-state index in [1.165, 1.54) is 0 Å². The summed E-state index contributed by atoms with van der Waals surface area (Å²) in [5.41, 5.74) is 1.93. The molecule has 0 amide bonds. The van der Waals surface area contributed by atoms with E-state index in [4.69, 9.17) is 4.74 Å². The molecule has 2 N–H and O–H groups in total. The molecule has 0 spiro atoms. The fourth-order valence-corrected chi connectivity index (χ4v) is 2.48. The summed E-state index contributed by atoms with van der Waals surface area (Å²) >= 11 is 0. The maximum absolute atomic E-state index is 5.21. The van der Waals surface area contributed by atoms with Crippen LogP contribution in [0.25, 0.3) is 11.4 Å². The van der Waals surface area contributed by atoms with E-state index in [2.05, 4.69) is 34.4 Å². The molecule has 0 aliphatic rings. The van der Waals surface area contributed by atoms with Gasteiger partial charge in [-0.25, -0.2) is 9.97 Å². The van der Waals surface area contributed by atoms with E-state index < -0.39 is 0 Å². The first kappa shape index (κ1) is 17.7. The van der Waals surface area contributed by atoms with E-state index in [1.807, 2.05) is 60.7 Å². The Morgan fingerprint density at radius 1 is 0.962 bits per heavy atom. The molecule has 5 heteroatoms. The smallest absolute Gasteiger partial charge is 0.163 e. The highest BCUT2D eigenvalue weighted by molar-refractivity contribution is 5.65.